The van der Waals surface area contributed by atoms with Crippen molar-refractivity contribution in [2.45, 2.75) is 50.1 Å². The first-order valence-corrected chi connectivity index (χ1v) is 26.3. The second-order valence-electron chi connectivity index (χ2n) is 17.6. The molecule has 0 saturated heterocycles. The molecule has 5 heterocycles. The Kier molecular flexibility index (Phi) is 6.17. The van der Waals surface area contributed by atoms with Crippen LogP contribution in [0.1, 0.15) is 37.5 Å². The normalized spacial score (nSPS) is 16.3. The molecule has 1 atom stereocenters. The predicted molar refractivity (Wildman–Crippen MR) is 222 cm³/mol. The van der Waals surface area contributed by atoms with Crippen molar-refractivity contribution in [3.05, 3.63) is 150 Å². The van der Waals surface area contributed by atoms with Crippen molar-refractivity contribution in [3.8, 4) is 22.5 Å². The van der Waals surface area contributed by atoms with E-state index in [9.17, 15) is 0 Å². The van der Waals surface area contributed by atoms with Gasteiger partial charge in [-0.15, -0.1) is 0 Å². The van der Waals surface area contributed by atoms with E-state index < -0.39 is 18.9 Å². The van der Waals surface area contributed by atoms with E-state index in [1.165, 1.54) is 75.9 Å². The molecule has 3 nitrogen and oxygen atoms in total. The van der Waals surface area contributed by atoms with E-state index in [0.29, 0.717) is 0 Å². The van der Waals surface area contributed by atoms with Crippen LogP contribution in [0.15, 0.2) is 138 Å². The quantitative estimate of drug-likeness (QED) is 0.0980. The molecular weight excluding hydrogens is 705 g/mol. The van der Waals surface area contributed by atoms with Crippen molar-refractivity contribution in [1.82, 2.24) is 0 Å². The fourth-order valence-electron chi connectivity index (χ4n) is 9.74. The zero-order chi connectivity index (χ0) is 36.0. The van der Waals surface area contributed by atoms with Crippen LogP contribution in [0.25, 0.3) is 76.8 Å². The van der Waals surface area contributed by atoms with E-state index in [2.05, 4.69) is 181 Å². The Morgan fingerprint density at radius 3 is 1.94 bits per heavy atom. The molecular formula is C49H42GeN2O+2. The van der Waals surface area contributed by atoms with E-state index in [0.717, 1.165) is 28.4 Å². The third-order valence-corrected chi connectivity index (χ3v) is 16.2. The first kappa shape index (κ1) is 31.3. The molecule has 0 bridgehead atoms. The van der Waals surface area contributed by atoms with Crippen LogP contribution in [-0.4, -0.2) is 13.3 Å². The number of fused-ring (bicyclic) bond motifs is 20. The minimum atomic E-state index is -2.22. The molecule has 0 radical (unpaired) electrons. The summed E-state index contributed by atoms with van der Waals surface area (Å²) >= 11 is -2.22. The van der Waals surface area contributed by atoms with E-state index in [4.69, 9.17) is 4.42 Å². The molecule has 0 amide bonds. The summed E-state index contributed by atoms with van der Waals surface area (Å²) < 4.78 is 13.9. The standard InChI is InChI=1S/C49H42GeN2O/c1-48(2,3)28-30-23-24-51-44(25-30)46-42(49(51)41-18-12-11-17-37(41)43-22-19-31(29-52(43)49)50(4,5)6)21-20-36-40-26-38-34-15-9-7-13-32(34)33-14-8-10-16-35(33)39(38)27-45(40)53-47(36)46/h7-27,29H,28H2,1-6H3/q+2. The minimum absolute atomic E-state index is 0.157. The van der Waals surface area contributed by atoms with Gasteiger partial charge in [0.15, 0.2) is 0 Å². The Labute approximate surface area is 312 Å². The van der Waals surface area contributed by atoms with Crippen molar-refractivity contribution in [2.24, 2.45) is 5.41 Å². The topological polar surface area (TPSA) is 20.9 Å². The van der Waals surface area contributed by atoms with Crippen LogP contribution in [0.4, 0.5) is 0 Å². The molecule has 2 aliphatic rings. The van der Waals surface area contributed by atoms with Crippen LogP contribution in [0, 0.1) is 5.41 Å². The Bertz CT molecular complexity index is 3070. The van der Waals surface area contributed by atoms with Gasteiger partial charge in [0.05, 0.1) is 0 Å². The second kappa shape index (κ2) is 10.5. The molecule has 0 N–H and O–H groups in total. The van der Waals surface area contributed by atoms with Gasteiger partial charge in [-0.2, -0.15) is 0 Å². The molecule has 11 rings (SSSR count). The molecule has 1 unspecified atom stereocenters. The molecule has 1 spiro atoms. The summed E-state index contributed by atoms with van der Waals surface area (Å²) in [6, 6.07) is 45.7. The van der Waals surface area contributed by atoms with Crippen molar-refractivity contribution in [3.63, 3.8) is 0 Å². The molecule has 4 heteroatoms. The molecule has 0 fully saturated rings. The number of rotatable bonds is 2. The molecule has 0 aliphatic carbocycles. The zero-order valence-corrected chi connectivity index (χ0v) is 33.3. The van der Waals surface area contributed by atoms with E-state index in [-0.39, 0.29) is 5.41 Å². The van der Waals surface area contributed by atoms with Gasteiger partial charge in [0.1, 0.15) is 0 Å². The molecule has 9 aromatic rings. The summed E-state index contributed by atoms with van der Waals surface area (Å²) in [5.74, 6) is 7.48. The summed E-state index contributed by atoms with van der Waals surface area (Å²) in [5.41, 5.74) is 10.4. The third-order valence-electron chi connectivity index (χ3n) is 12.0. The maximum absolute atomic E-state index is 7.21. The molecule has 53 heavy (non-hydrogen) atoms. The van der Waals surface area contributed by atoms with Crippen molar-refractivity contribution >= 4 is 71.9 Å². The van der Waals surface area contributed by atoms with Crippen LogP contribution in [-0.2, 0) is 12.1 Å². The van der Waals surface area contributed by atoms with Crippen molar-refractivity contribution in [1.29, 1.82) is 0 Å². The van der Waals surface area contributed by atoms with Gasteiger partial charge in [0, 0.05) is 0 Å². The van der Waals surface area contributed by atoms with E-state index in [1.807, 2.05) is 0 Å². The Balaban J connectivity index is 1.29. The summed E-state index contributed by atoms with van der Waals surface area (Å²) in [6.07, 6.45) is 5.85. The Morgan fingerprint density at radius 2 is 1.25 bits per heavy atom. The number of hydrogen-bond donors (Lipinski definition) is 0. The molecule has 0 saturated carbocycles. The van der Waals surface area contributed by atoms with E-state index >= 15 is 0 Å². The summed E-state index contributed by atoms with van der Waals surface area (Å²) in [6.45, 7) is 6.99. The summed E-state index contributed by atoms with van der Waals surface area (Å²) in [5, 5.41) is 9.93. The average Bonchev–Trinajstić information content (AvgIpc) is 3.76. The van der Waals surface area contributed by atoms with Gasteiger partial charge in [-0.1, -0.05) is 48.5 Å². The zero-order valence-electron chi connectivity index (χ0n) is 31.2. The number of benzene rings is 6. The van der Waals surface area contributed by atoms with Gasteiger partial charge in [-0.05, 0) is 10.8 Å². The molecule has 2 aliphatic heterocycles. The number of pyridine rings is 2. The van der Waals surface area contributed by atoms with Crippen LogP contribution in [0.3, 0.4) is 0 Å². The van der Waals surface area contributed by atoms with Gasteiger partial charge >= 0.3 is 255 Å². The molecule has 6 aromatic carbocycles. The number of nitrogens with zero attached hydrogens (tertiary/aromatic N) is 2. The van der Waals surface area contributed by atoms with Crippen molar-refractivity contribution < 1.29 is 13.6 Å². The summed E-state index contributed by atoms with van der Waals surface area (Å²) in [7, 11) is 0. The van der Waals surface area contributed by atoms with Gasteiger partial charge in [0.2, 0.25) is 0 Å². The number of aromatic nitrogens is 2. The Morgan fingerprint density at radius 1 is 0.585 bits per heavy atom. The van der Waals surface area contributed by atoms with Gasteiger partial charge in [0.25, 0.3) is 0 Å². The van der Waals surface area contributed by atoms with Crippen LogP contribution in [0.2, 0.25) is 17.3 Å². The van der Waals surface area contributed by atoms with Crippen LogP contribution in [0.5, 0.6) is 0 Å². The van der Waals surface area contributed by atoms with Gasteiger partial charge in [-0.25, -0.2) is 0 Å². The predicted octanol–water partition coefficient (Wildman–Crippen LogP) is 11.0. The first-order valence-electron chi connectivity index (χ1n) is 19.0. The van der Waals surface area contributed by atoms with Gasteiger partial charge in [-0.3, -0.25) is 0 Å². The number of hydrogen-bond acceptors (Lipinski definition) is 1. The maximum atomic E-state index is 7.21. The fraction of sp³-hybridized carbons (Fsp3) is 0.184. The fourth-order valence-corrected chi connectivity index (χ4v) is 12.1. The monoisotopic (exact) mass is 748 g/mol. The van der Waals surface area contributed by atoms with Crippen LogP contribution < -0.4 is 13.5 Å². The second-order valence-corrected chi connectivity index (χ2v) is 28.3. The number of furan rings is 1. The third kappa shape index (κ3) is 4.17. The average molecular weight is 747 g/mol. The Hall–Kier alpha value is -5.26. The van der Waals surface area contributed by atoms with Crippen LogP contribution >= 0.6 is 0 Å². The SMILES string of the molecule is CC(C)(C)Cc1cc[n+]2c(c1)-c1c(ccc3c1oc1cc4c5ccccc5c5ccccc5c4cc13)C21c2ccccc2-c2cc[c]([Ge]([CH3])([CH3])[CH3])c[n+]21. The summed E-state index contributed by atoms with van der Waals surface area (Å²) in [4.78, 5) is 0. The first-order chi connectivity index (χ1) is 25.5. The molecule has 3 aromatic heterocycles. The van der Waals surface area contributed by atoms with Gasteiger partial charge < -0.3 is 0 Å². The van der Waals surface area contributed by atoms with Crippen molar-refractivity contribution in [2.75, 3.05) is 0 Å². The van der Waals surface area contributed by atoms with E-state index in [1.54, 1.807) is 0 Å². The molecule has 256 valence electrons.